The van der Waals surface area contributed by atoms with E-state index >= 15 is 0 Å². The van der Waals surface area contributed by atoms with Crippen molar-refractivity contribution >= 4 is 17.3 Å². The van der Waals surface area contributed by atoms with Crippen molar-refractivity contribution in [1.29, 1.82) is 0 Å². The van der Waals surface area contributed by atoms with Gasteiger partial charge in [-0.2, -0.15) is 0 Å². The number of nitro benzene ring substituents is 1. The van der Waals surface area contributed by atoms with E-state index in [1.807, 2.05) is 6.07 Å². The van der Waals surface area contributed by atoms with Gasteiger partial charge in [-0.1, -0.05) is 42.0 Å². The molecule has 5 nitrogen and oxygen atoms in total. The Bertz CT molecular complexity index is 782. The van der Waals surface area contributed by atoms with Crippen molar-refractivity contribution in [3.63, 3.8) is 0 Å². The van der Waals surface area contributed by atoms with Crippen molar-refractivity contribution in [2.75, 3.05) is 5.32 Å². The first-order valence-corrected chi connectivity index (χ1v) is 8.39. The molecule has 0 bridgehead atoms. The van der Waals surface area contributed by atoms with Crippen molar-refractivity contribution in [2.45, 2.75) is 31.6 Å². The number of nitro groups is 1. The zero-order valence-corrected chi connectivity index (χ0v) is 13.9. The van der Waals surface area contributed by atoms with E-state index in [4.69, 9.17) is 0 Å². The highest BCUT2D eigenvalue weighted by molar-refractivity contribution is 5.92. The molecule has 0 aliphatic heterocycles. The van der Waals surface area contributed by atoms with Gasteiger partial charge in [0.15, 0.2) is 0 Å². The first-order chi connectivity index (χ1) is 12.1. The van der Waals surface area contributed by atoms with Crippen LogP contribution < -0.4 is 5.32 Å². The van der Waals surface area contributed by atoms with Crippen molar-refractivity contribution in [3.05, 3.63) is 81.9 Å². The lowest BCUT2D eigenvalue weighted by Gasteiger charge is -2.22. The Morgan fingerprint density at radius 3 is 2.44 bits per heavy atom. The van der Waals surface area contributed by atoms with Crippen molar-refractivity contribution in [2.24, 2.45) is 0 Å². The summed E-state index contributed by atoms with van der Waals surface area (Å²) in [6.45, 7) is 0. The Labute approximate surface area is 146 Å². The average molecular weight is 336 g/mol. The number of hydrogen-bond acceptors (Lipinski definition) is 3. The molecule has 1 N–H and O–H groups in total. The number of carbonyl (C=O) groups is 1. The summed E-state index contributed by atoms with van der Waals surface area (Å²) in [5, 5.41) is 13.4. The van der Waals surface area contributed by atoms with E-state index in [-0.39, 0.29) is 11.6 Å². The second-order valence-corrected chi connectivity index (χ2v) is 6.27. The zero-order valence-electron chi connectivity index (χ0n) is 13.9. The van der Waals surface area contributed by atoms with Crippen LogP contribution in [0.25, 0.3) is 0 Å². The van der Waals surface area contributed by atoms with Gasteiger partial charge in [0.1, 0.15) is 0 Å². The molecule has 0 saturated carbocycles. The number of benzene rings is 2. The maximum absolute atomic E-state index is 12.2. The summed E-state index contributed by atoms with van der Waals surface area (Å²) in [6.07, 6.45) is 5.49. The Morgan fingerprint density at radius 1 is 1.12 bits per heavy atom. The largest absolute Gasteiger partial charge is 0.326 e. The minimum absolute atomic E-state index is 0.0138. The average Bonchev–Trinajstić information content (AvgIpc) is 2.63. The molecule has 1 unspecified atom stereocenters. The monoisotopic (exact) mass is 336 g/mol. The zero-order chi connectivity index (χ0) is 17.6. The highest BCUT2D eigenvalue weighted by atomic mass is 16.6. The molecule has 1 aliphatic rings. The summed E-state index contributed by atoms with van der Waals surface area (Å²) < 4.78 is 0. The van der Waals surface area contributed by atoms with Crippen LogP contribution in [0.5, 0.6) is 0 Å². The van der Waals surface area contributed by atoms with Crippen LogP contribution in [-0.2, 0) is 4.79 Å². The molecule has 0 saturated heterocycles. The number of carbonyl (C=O) groups excluding carboxylic acids is 1. The summed E-state index contributed by atoms with van der Waals surface area (Å²) in [7, 11) is 0. The minimum atomic E-state index is -0.457. The third-order valence-corrected chi connectivity index (χ3v) is 4.53. The second kappa shape index (κ2) is 7.75. The molecule has 0 aromatic heterocycles. The fraction of sp³-hybridized carbons (Fsp3) is 0.250. The predicted octanol–water partition coefficient (Wildman–Crippen LogP) is 4.82. The molecule has 1 atom stereocenters. The SMILES string of the molecule is O=C(CC1=CCC(c2ccccc2)CC1)Nc1ccc([N+](=O)[O-])cc1. The maximum Gasteiger partial charge on any atom is 0.269 e. The van der Waals surface area contributed by atoms with Gasteiger partial charge < -0.3 is 5.32 Å². The standard InChI is InChI=1S/C20H20N2O3/c23-20(21-18-10-12-19(13-11-18)22(24)25)14-15-6-8-17(9-7-15)16-4-2-1-3-5-16/h1-6,10-13,17H,7-9,14H2,(H,21,23). The van der Waals surface area contributed by atoms with Crippen LogP contribution >= 0.6 is 0 Å². The molecule has 3 rings (SSSR count). The van der Waals surface area contributed by atoms with E-state index in [9.17, 15) is 14.9 Å². The van der Waals surface area contributed by atoms with Gasteiger partial charge in [0.25, 0.3) is 5.69 Å². The summed E-state index contributed by atoms with van der Waals surface area (Å²) in [5.41, 5.74) is 3.11. The molecule has 2 aromatic carbocycles. The summed E-state index contributed by atoms with van der Waals surface area (Å²) in [5.74, 6) is 0.445. The molecular formula is C20H20N2O3. The lowest BCUT2D eigenvalue weighted by Crippen LogP contribution is -2.14. The second-order valence-electron chi connectivity index (χ2n) is 6.27. The number of nitrogens with zero attached hydrogens (tertiary/aromatic N) is 1. The Morgan fingerprint density at radius 2 is 1.84 bits per heavy atom. The third kappa shape index (κ3) is 4.53. The van der Waals surface area contributed by atoms with Crippen LogP contribution in [0, 0.1) is 10.1 Å². The van der Waals surface area contributed by atoms with E-state index in [0.29, 0.717) is 18.0 Å². The van der Waals surface area contributed by atoms with Crippen LogP contribution in [0.1, 0.15) is 37.2 Å². The van der Waals surface area contributed by atoms with Gasteiger partial charge in [-0.3, -0.25) is 14.9 Å². The topological polar surface area (TPSA) is 72.2 Å². The Hall–Kier alpha value is -2.95. The van der Waals surface area contributed by atoms with Crippen molar-refractivity contribution in [1.82, 2.24) is 0 Å². The Kier molecular flexibility index (Phi) is 5.23. The molecular weight excluding hydrogens is 316 g/mol. The van der Waals surface area contributed by atoms with Gasteiger partial charge in [0.2, 0.25) is 5.91 Å². The van der Waals surface area contributed by atoms with E-state index in [1.165, 1.54) is 17.7 Å². The van der Waals surface area contributed by atoms with Crippen LogP contribution in [0.4, 0.5) is 11.4 Å². The molecule has 0 spiro atoms. The highest BCUT2D eigenvalue weighted by Gasteiger charge is 2.17. The molecule has 5 heteroatoms. The van der Waals surface area contributed by atoms with Crippen LogP contribution in [0.2, 0.25) is 0 Å². The van der Waals surface area contributed by atoms with E-state index in [2.05, 4.69) is 35.7 Å². The first kappa shape index (κ1) is 16.9. The van der Waals surface area contributed by atoms with Gasteiger partial charge in [0.05, 0.1) is 4.92 Å². The fourth-order valence-electron chi connectivity index (χ4n) is 3.15. The van der Waals surface area contributed by atoms with Gasteiger partial charge in [-0.05, 0) is 42.9 Å². The van der Waals surface area contributed by atoms with Gasteiger partial charge in [-0.15, -0.1) is 0 Å². The van der Waals surface area contributed by atoms with Gasteiger partial charge in [-0.25, -0.2) is 0 Å². The molecule has 0 heterocycles. The smallest absolute Gasteiger partial charge is 0.269 e. The number of hydrogen-bond donors (Lipinski definition) is 1. The fourth-order valence-corrected chi connectivity index (χ4v) is 3.15. The van der Waals surface area contributed by atoms with Gasteiger partial charge in [0, 0.05) is 24.2 Å². The molecule has 1 aliphatic carbocycles. The van der Waals surface area contributed by atoms with Crippen molar-refractivity contribution < 1.29 is 9.72 Å². The summed E-state index contributed by atoms with van der Waals surface area (Å²) in [6, 6.07) is 16.3. The minimum Gasteiger partial charge on any atom is -0.326 e. The first-order valence-electron chi connectivity index (χ1n) is 8.39. The van der Waals surface area contributed by atoms with Crippen molar-refractivity contribution in [3.8, 4) is 0 Å². The lowest BCUT2D eigenvalue weighted by molar-refractivity contribution is -0.384. The van der Waals surface area contributed by atoms with Crippen LogP contribution in [0.3, 0.4) is 0 Å². The van der Waals surface area contributed by atoms with Gasteiger partial charge >= 0.3 is 0 Å². The molecule has 0 fully saturated rings. The van der Waals surface area contributed by atoms with E-state index < -0.39 is 4.92 Å². The summed E-state index contributed by atoms with van der Waals surface area (Å²) in [4.78, 5) is 22.3. The molecule has 1 amide bonds. The van der Waals surface area contributed by atoms with E-state index in [0.717, 1.165) is 24.8 Å². The number of rotatable bonds is 5. The normalized spacial score (nSPS) is 16.8. The number of anilines is 1. The maximum atomic E-state index is 12.2. The Balaban J connectivity index is 1.53. The predicted molar refractivity (Wildman–Crippen MR) is 97.5 cm³/mol. The van der Waals surface area contributed by atoms with Crippen LogP contribution in [-0.4, -0.2) is 10.8 Å². The van der Waals surface area contributed by atoms with E-state index in [1.54, 1.807) is 12.1 Å². The molecule has 25 heavy (non-hydrogen) atoms. The lowest BCUT2D eigenvalue weighted by atomic mass is 9.84. The molecule has 0 radical (unpaired) electrons. The summed E-state index contributed by atoms with van der Waals surface area (Å²) >= 11 is 0. The number of amides is 1. The number of allylic oxidation sites excluding steroid dienone is 1. The quantitative estimate of drug-likeness (QED) is 0.483. The number of nitrogens with one attached hydrogen (secondary N) is 1. The third-order valence-electron chi connectivity index (χ3n) is 4.53. The van der Waals surface area contributed by atoms with Crippen LogP contribution in [0.15, 0.2) is 66.2 Å². The molecule has 128 valence electrons. The highest BCUT2D eigenvalue weighted by Crippen LogP contribution is 2.33. The molecule has 2 aromatic rings. The number of non-ortho nitro benzene ring substituents is 1.